The van der Waals surface area contributed by atoms with Gasteiger partial charge in [0.25, 0.3) is 0 Å². The monoisotopic (exact) mass is 384 g/mol. The van der Waals surface area contributed by atoms with Crippen LogP contribution in [-0.4, -0.2) is 43.6 Å². The first kappa shape index (κ1) is 20.2. The Labute approximate surface area is 165 Å². The van der Waals surface area contributed by atoms with E-state index in [0.717, 1.165) is 37.1 Å². The van der Waals surface area contributed by atoms with Gasteiger partial charge in [0.2, 0.25) is 0 Å². The maximum atomic E-state index is 11.4. The largest absolute Gasteiger partial charge is 0.491 e. The fourth-order valence-electron chi connectivity index (χ4n) is 3.46. The molecule has 6 nitrogen and oxygen atoms in total. The lowest BCUT2D eigenvalue weighted by molar-refractivity contribution is 0.103. The van der Waals surface area contributed by atoms with Gasteiger partial charge in [-0.25, -0.2) is 4.79 Å². The number of aliphatic hydroxyl groups excluding tert-OH is 1. The average molecular weight is 384 g/mol. The maximum Gasteiger partial charge on any atom is 0.411 e. The number of hydrogen-bond donors (Lipinski definition) is 3. The summed E-state index contributed by atoms with van der Waals surface area (Å²) in [4.78, 5) is 11.4. The molecule has 0 fully saturated rings. The fourth-order valence-corrected chi connectivity index (χ4v) is 3.46. The van der Waals surface area contributed by atoms with E-state index in [4.69, 9.17) is 4.74 Å². The van der Waals surface area contributed by atoms with Gasteiger partial charge in [-0.1, -0.05) is 24.3 Å². The summed E-state index contributed by atoms with van der Waals surface area (Å²) in [6, 6.07) is 15.8. The molecule has 3 rings (SSSR count). The van der Waals surface area contributed by atoms with Crippen LogP contribution in [0.4, 0.5) is 10.5 Å². The Balaban J connectivity index is 1.51. The van der Waals surface area contributed by atoms with Gasteiger partial charge >= 0.3 is 6.09 Å². The molecule has 1 unspecified atom stereocenters. The molecule has 0 aromatic heterocycles. The second-order valence-corrected chi connectivity index (χ2v) is 7.08. The molecule has 0 aliphatic heterocycles. The predicted molar refractivity (Wildman–Crippen MR) is 109 cm³/mol. The topological polar surface area (TPSA) is 79.8 Å². The Morgan fingerprint density at radius 1 is 1.21 bits per heavy atom. The van der Waals surface area contributed by atoms with Gasteiger partial charge in [0.1, 0.15) is 18.5 Å². The van der Waals surface area contributed by atoms with Crippen molar-refractivity contribution in [3.63, 3.8) is 0 Å². The van der Waals surface area contributed by atoms with Gasteiger partial charge in [0, 0.05) is 18.3 Å². The summed E-state index contributed by atoms with van der Waals surface area (Å²) in [5, 5.41) is 16.4. The van der Waals surface area contributed by atoms with Gasteiger partial charge in [0.15, 0.2) is 0 Å². The number of hydrogen-bond acceptors (Lipinski definition) is 5. The summed E-state index contributed by atoms with van der Waals surface area (Å²) >= 11 is 0. The van der Waals surface area contributed by atoms with Crippen molar-refractivity contribution in [1.29, 1.82) is 0 Å². The highest BCUT2D eigenvalue weighted by atomic mass is 16.5. The van der Waals surface area contributed by atoms with Crippen molar-refractivity contribution in [3.8, 4) is 5.75 Å². The van der Waals surface area contributed by atoms with Crippen LogP contribution in [0.3, 0.4) is 0 Å². The number of aliphatic hydroxyl groups is 1. The summed E-state index contributed by atoms with van der Waals surface area (Å²) in [6.45, 7) is 0.737. The number of carbonyl (C=O) groups excluding carboxylic acids is 1. The lowest BCUT2D eigenvalue weighted by Gasteiger charge is -2.20. The molecule has 28 heavy (non-hydrogen) atoms. The second kappa shape index (κ2) is 10.1. The van der Waals surface area contributed by atoms with Crippen LogP contribution in [0.5, 0.6) is 5.75 Å². The number of nitrogens with one attached hydrogen (secondary N) is 2. The summed E-state index contributed by atoms with van der Waals surface area (Å²) in [6.07, 6.45) is 2.97. The van der Waals surface area contributed by atoms with Crippen molar-refractivity contribution < 1.29 is 19.4 Å². The molecule has 0 saturated carbocycles. The number of para-hydroxylation sites is 1. The molecule has 2 aromatic rings. The highest BCUT2D eigenvalue weighted by Crippen LogP contribution is 2.24. The van der Waals surface area contributed by atoms with E-state index in [1.165, 1.54) is 18.2 Å². The van der Waals surface area contributed by atoms with Crippen LogP contribution in [0.2, 0.25) is 0 Å². The van der Waals surface area contributed by atoms with Crippen molar-refractivity contribution >= 4 is 11.8 Å². The number of carbonyl (C=O) groups is 1. The van der Waals surface area contributed by atoms with E-state index in [9.17, 15) is 9.90 Å². The third-order valence-electron chi connectivity index (χ3n) is 4.93. The van der Waals surface area contributed by atoms with Crippen molar-refractivity contribution in [3.05, 3.63) is 59.7 Å². The number of amides is 1. The molecular formula is C22H28N2O4. The van der Waals surface area contributed by atoms with Gasteiger partial charge in [-0.05, 0) is 61.1 Å². The predicted octanol–water partition coefficient (Wildman–Crippen LogP) is 3.14. The molecule has 150 valence electrons. The lowest BCUT2D eigenvalue weighted by Crippen LogP contribution is -2.39. The molecule has 0 radical (unpaired) electrons. The zero-order valence-corrected chi connectivity index (χ0v) is 16.2. The van der Waals surface area contributed by atoms with Crippen LogP contribution in [0, 0.1) is 0 Å². The zero-order valence-electron chi connectivity index (χ0n) is 16.2. The van der Waals surface area contributed by atoms with E-state index in [1.807, 2.05) is 42.5 Å². The molecule has 1 amide bonds. The molecular weight excluding hydrogens is 356 g/mol. The lowest BCUT2D eigenvalue weighted by atomic mass is 10.0. The minimum Gasteiger partial charge on any atom is -0.491 e. The zero-order chi connectivity index (χ0) is 19.8. The fraction of sp³-hybridized carbons (Fsp3) is 0.409. The highest BCUT2D eigenvalue weighted by molar-refractivity contribution is 5.84. The van der Waals surface area contributed by atoms with Crippen LogP contribution < -0.4 is 15.4 Å². The number of anilines is 1. The first-order valence-corrected chi connectivity index (χ1v) is 9.70. The van der Waals surface area contributed by atoms with E-state index >= 15 is 0 Å². The van der Waals surface area contributed by atoms with E-state index < -0.39 is 12.2 Å². The molecule has 2 atom stereocenters. The van der Waals surface area contributed by atoms with Crippen LogP contribution in [0.1, 0.15) is 24.0 Å². The van der Waals surface area contributed by atoms with Crippen molar-refractivity contribution in [1.82, 2.24) is 5.32 Å². The Morgan fingerprint density at radius 2 is 2.04 bits per heavy atom. The molecule has 0 saturated heterocycles. The smallest absolute Gasteiger partial charge is 0.411 e. The average Bonchev–Trinajstić information content (AvgIpc) is 2.92. The van der Waals surface area contributed by atoms with Crippen LogP contribution >= 0.6 is 0 Å². The molecule has 0 bridgehead atoms. The summed E-state index contributed by atoms with van der Waals surface area (Å²) in [5.41, 5.74) is 3.27. The van der Waals surface area contributed by atoms with Crippen LogP contribution in [0.25, 0.3) is 0 Å². The number of ether oxygens (including phenoxy) is 2. The molecule has 3 N–H and O–H groups in total. The Hall–Kier alpha value is -2.57. The number of aryl methyl sites for hydroxylation is 1. The quantitative estimate of drug-likeness (QED) is 0.639. The van der Waals surface area contributed by atoms with E-state index in [1.54, 1.807) is 0 Å². The normalized spacial score (nSPS) is 17.1. The number of rotatable bonds is 7. The Bertz CT molecular complexity index is 766. The third kappa shape index (κ3) is 5.97. The van der Waals surface area contributed by atoms with Gasteiger partial charge in [0.05, 0.1) is 7.11 Å². The van der Waals surface area contributed by atoms with Crippen molar-refractivity contribution in [2.45, 2.75) is 37.8 Å². The van der Waals surface area contributed by atoms with Crippen LogP contribution in [-0.2, 0) is 17.6 Å². The number of benzene rings is 2. The Kier molecular flexibility index (Phi) is 7.28. The van der Waals surface area contributed by atoms with Gasteiger partial charge in [-0.15, -0.1) is 0 Å². The number of fused-ring (bicyclic) bond motifs is 1. The van der Waals surface area contributed by atoms with Crippen molar-refractivity contribution in [2.24, 2.45) is 0 Å². The van der Waals surface area contributed by atoms with E-state index in [0.29, 0.717) is 6.54 Å². The summed E-state index contributed by atoms with van der Waals surface area (Å²) in [5.74, 6) is 0.760. The highest BCUT2D eigenvalue weighted by Gasteiger charge is 2.18. The summed E-state index contributed by atoms with van der Waals surface area (Å²) < 4.78 is 10.3. The first-order chi connectivity index (χ1) is 13.6. The molecule has 0 heterocycles. The van der Waals surface area contributed by atoms with Crippen LogP contribution in [0.15, 0.2) is 48.5 Å². The van der Waals surface area contributed by atoms with Gasteiger partial charge in [-0.2, -0.15) is 0 Å². The molecule has 2 aromatic carbocycles. The molecule has 0 spiro atoms. The second-order valence-electron chi connectivity index (χ2n) is 7.08. The first-order valence-electron chi connectivity index (χ1n) is 9.70. The summed E-state index contributed by atoms with van der Waals surface area (Å²) in [7, 11) is 1.35. The minimum absolute atomic E-state index is 0.257. The van der Waals surface area contributed by atoms with E-state index in [2.05, 4.69) is 21.4 Å². The third-order valence-corrected chi connectivity index (χ3v) is 4.93. The van der Waals surface area contributed by atoms with E-state index in [-0.39, 0.29) is 12.6 Å². The molecule has 1 aliphatic carbocycles. The number of methoxy groups -OCH3 is 1. The molecule has 6 heteroatoms. The minimum atomic E-state index is -0.574. The molecule has 1 aliphatic rings. The van der Waals surface area contributed by atoms with Gasteiger partial charge < -0.3 is 19.9 Å². The SMILES string of the molecule is COC(=O)Nc1ccc2c(c1)CC(NC[C@H](O)COc1ccccc1)CCC2. The standard InChI is InChI=1S/C22H28N2O4/c1-27-22(26)24-19-11-10-16-6-5-7-18(12-17(16)13-19)23-14-20(25)15-28-21-8-3-2-4-9-21/h2-4,8-11,13,18,20,23,25H,5-7,12,14-15H2,1H3,(H,24,26)/t18?,20-/m0/s1. The Morgan fingerprint density at radius 3 is 2.82 bits per heavy atom. The van der Waals surface area contributed by atoms with Crippen molar-refractivity contribution in [2.75, 3.05) is 25.6 Å². The maximum absolute atomic E-state index is 11.4. The van der Waals surface area contributed by atoms with Gasteiger partial charge in [-0.3, -0.25) is 5.32 Å².